The van der Waals surface area contributed by atoms with Crippen molar-refractivity contribution in [3.8, 4) is 0 Å². The largest absolute Gasteiger partial charge is 0.393 e. The number of hydrogen-bond acceptors (Lipinski definition) is 1. The van der Waals surface area contributed by atoms with Crippen molar-refractivity contribution in [3.63, 3.8) is 0 Å². The summed E-state index contributed by atoms with van der Waals surface area (Å²) in [4.78, 5) is 0. The molecular weight excluding hydrogens is 275 g/mol. The number of benzene rings is 2. The average Bonchev–Trinajstić information content (AvgIpc) is 2.98. The monoisotopic (exact) mass is 293 g/mol. The van der Waals surface area contributed by atoms with Crippen LogP contribution in [0.5, 0.6) is 0 Å². The average molecular weight is 293 g/mol. The summed E-state index contributed by atoms with van der Waals surface area (Å²) in [5.41, 5.74) is 1.29. The molecule has 0 fully saturated rings. The van der Waals surface area contributed by atoms with Gasteiger partial charge in [0.2, 0.25) is 0 Å². The highest BCUT2D eigenvalue weighted by molar-refractivity contribution is 7.79. The summed E-state index contributed by atoms with van der Waals surface area (Å²) in [5.74, 6) is 0. The van der Waals surface area contributed by atoms with Crippen molar-refractivity contribution in [2.45, 2.75) is 6.61 Å². The Morgan fingerprint density at radius 2 is 1.43 bits per heavy atom. The molecule has 0 N–H and O–H groups in total. The Morgan fingerprint density at radius 1 is 0.857 bits per heavy atom. The van der Waals surface area contributed by atoms with E-state index in [2.05, 4.69) is 78.9 Å². The predicted octanol–water partition coefficient (Wildman–Crippen LogP) is 3.31. The summed E-state index contributed by atoms with van der Waals surface area (Å²) < 4.78 is 5.36. The van der Waals surface area contributed by atoms with Crippen LogP contribution in [0.25, 0.3) is 0 Å². The van der Waals surface area contributed by atoms with E-state index in [1.807, 2.05) is 0 Å². The molecule has 0 saturated carbocycles. The molecule has 0 heterocycles. The highest BCUT2D eigenvalue weighted by Crippen LogP contribution is 2.34. The van der Waals surface area contributed by atoms with Crippen LogP contribution in [0.1, 0.15) is 5.56 Å². The van der Waals surface area contributed by atoms with Crippen molar-refractivity contribution < 1.29 is 4.74 Å². The van der Waals surface area contributed by atoms with Gasteiger partial charge in [-0.25, -0.2) is 6.07 Å². The van der Waals surface area contributed by atoms with Gasteiger partial charge in [0.15, 0.2) is 0 Å². The van der Waals surface area contributed by atoms with Gasteiger partial charge in [0, 0.05) is 13.7 Å². The van der Waals surface area contributed by atoms with E-state index in [1.165, 1.54) is 21.5 Å². The number of hydrogen-bond donors (Lipinski definition) is 0. The van der Waals surface area contributed by atoms with E-state index in [0.29, 0.717) is 6.61 Å². The van der Waals surface area contributed by atoms with Crippen molar-refractivity contribution in [2.24, 2.45) is 0 Å². The molecule has 0 aliphatic heterocycles. The van der Waals surface area contributed by atoms with Gasteiger partial charge in [-0.05, 0) is 18.5 Å². The molecule has 3 rings (SSSR count). The van der Waals surface area contributed by atoms with Gasteiger partial charge in [0.1, 0.15) is 0 Å². The molecule has 1 nitrogen and oxygen atoms in total. The minimum Gasteiger partial charge on any atom is -0.393 e. The Hall–Kier alpha value is -1.82. The van der Waals surface area contributed by atoms with Crippen molar-refractivity contribution >= 4 is 23.8 Å². The van der Waals surface area contributed by atoms with Gasteiger partial charge in [-0.1, -0.05) is 60.7 Å². The maximum absolute atomic E-state index is 5.36. The first kappa shape index (κ1) is 14.1. The van der Waals surface area contributed by atoms with Gasteiger partial charge < -0.3 is 4.74 Å². The van der Waals surface area contributed by atoms with Gasteiger partial charge in [-0.2, -0.15) is 17.7 Å². The fraction of sp³-hybridized carbons (Fsp3) is 0.105. The molecule has 3 aromatic rings. The zero-order chi connectivity index (χ0) is 14.5. The van der Waals surface area contributed by atoms with E-state index in [-0.39, 0.29) is 0 Å². The first-order valence-electron chi connectivity index (χ1n) is 7.04. The lowest BCUT2D eigenvalue weighted by Crippen LogP contribution is -2.21. The van der Waals surface area contributed by atoms with E-state index in [4.69, 9.17) is 4.74 Å². The van der Waals surface area contributed by atoms with Crippen LogP contribution in [0.15, 0.2) is 78.9 Å². The van der Waals surface area contributed by atoms with Gasteiger partial charge in [-0.3, -0.25) is 0 Å². The van der Waals surface area contributed by atoms with Crippen molar-refractivity contribution in [1.29, 1.82) is 0 Å². The zero-order valence-corrected chi connectivity index (χ0v) is 13.0. The Balaban J connectivity index is 2.11. The predicted molar refractivity (Wildman–Crippen MR) is 91.5 cm³/mol. The van der Waals surface area contributed by atoms with Crippen molar-refractivity contribution in [1.82, 2.24) is 0 Å². The maximum atomic E-state index is 5.36. The van der Waals surface area contributed by atoms with Crippen LogP contribution in [0.4, 0.5) is 0 Å². The second-order valence-corrected chi connectivity index (χ2v) is 7.06. The quantitative estimate of drug-likeness (QED) is 0.518. The highest BCUT2D eigenvalue weighted by atomic mass is 31.1. The molecule has 0 bridgehead atoms. The lowest BCUT2D eigenvalue weighted by atomic mass is 10.3. The Bertz CT molecular complexity index is 634. The lowest BCUT2D eigenvalue weighted by molar-refractivity contribution is 0.186. The standard InChI is InChI=1S/C19H18OP/c1-20-15-16-9-8-14-19(16)21(17-10-4-2-5-11-17)18-12-6-3-7-13-18/h2-14H,15H2,1H3/q-1. The van der Waals surface area contributed by atoms with Crippen molar-refractivity contribution in [2.75, 3.05) is 7.11 Å². The molecule has 2 heteroatoms. The fourth-order valence-electron chi connectivity index (χ4n) is 2.52. The molecule has 0 atom stereocenters. The zero-order valence-electron chi connectivity index (χ0n) is 12.1. The second kappa shape index (κ2) is 6.76. The fourth-order valence-corrected chi connectivity index (χ4v) is 4.98. The summed E-state index contributed by atoms with van der Waals surface area (Å²) in [6, 6.07) is 28.0. The first-order valence-corrected chi connectivity index (χ1v) is 8.38. The van der Waals surface area contributed by atoms with Crippen LogP contribution in [0.3, 0.4) is 0 Å². The van der Waals surface area contributed by atoms with E-state index in [1.54, 1.807) is 7.11 Å². The number of ether oxygens (including phenoxy) is 1. The smallest absolute Gasteiger partial charge is 0.0345 e. The van der Waals surface area contributed by atoms with Crippen LogP contribution in [0, 0.1) is 0 Å². The van der Waals surface area contributed by atoms with E-state index >= 15 is 0 Å². The third-order valence-electron chi connectivity index (χ3n) is 3.45. The van der Waals surface area contributed by atoms with Crippen LogP contribution in [-0.4, -0.2) is 7.11 Å². The van der Waals surface area contributed by atoms with Crippen molar-refractivity contribution in [3.05, 3.63) is 84.4 Å². The summed E-state index contributed by atoms with van der Waals surface area (Å²) in [6.45, 7) is 0.667. The Morgan fingerprint density at radius 3 is 1.95 bits per heavy atom. The van der Waals surface area contributed by atoms with Crippen LogP contribution in [-0.2, 0) is 11.3 Å². The van der Waals surface area contributed by atoms with Gasteiger partial charge >= 0.3 is 0 Å². The SMILES string of the molecule is COCc1cc[cH-]c1P(c1ccccc1)c1ccccc1. The summed E-state index contributed by atoms with van der Waals surface area (Å²) in [5, 5.41) is 4.15. The minimum atomic E-state index is -0.521. The molecule has 0 aliphatic carbocycles. The summed E-state index contributed by atoms with van der Waals surface area (Å²) in [7, 11) is 1.23. The molecule has 0 aromatic heterocycles. The Kier molecular flexibility index (Phi) is 4.55. The molecule has 0 unspecified atom stereocenters. The first-order chi connectivity index (χ1) is 10.4. The van der Waals surface area contributed by atoms with Crippen LogP contribution < -0.4 is 15.9 Å². The molecule has 0 spiro atoms. The third kappa shape index (κ3) is 3.10. The molecule has 3 aromatic carbocycles. The van der Waals surface area contributed by atoms with E-state index in [0.717, 1.165) is 0 Å². The molecule has 21 heavy (non-hydrogen) atoms. The summed E-state index contributed by atoms with van der Waals surface area (Å²) >= 11 is 0. The van der Waals surface area contributed by atoms with Crippen LogP contribution in [0.2, 0.25) is 0 Å². The topological polar surface area (TPSA) is 9.23 Å². The Labute approximate surface area is 127 Å². The summed E-state index contributed by atoms with van der Waals surface area (Å²) in [6.07, 6.45) is 0. The number of rotatable bonds is 5. The molecule has 0 amide bonds. The third-order valence-corrected chi connectivity index (χ3v) is 6.00. The molecule has 0 aliphatic rings. The number of methoxy groups -OCH3 is 1. The highest BCUT2D eigenvalue weighted by Gasteiger charge is 2.14. The van der Waals surface area contributed by atoms with Gasteiger partial charge in [0.25, 0.3) is 0 Å². The van der Waals surface area contributed by atoms with E-state index < -0.39 is 7.92 Å². The molecule has 106 valence electrons. The van der Waals surface area contributed by atoms with E-state index in [9.17, 15) is 0 Å². The van der Waals surface area contributed by atoms with Crippen LogP contribution >= 0.6 is 7.92 Å². The molecule has 0 saturated heterocycles. The second-order valence-electron chi connectivity index (χ2n) is 4.88. The van der Waals surface area contributed by atoms with Gasteiger partial charge in [-0.15, -0.1) is 5.30 Å². The normalized spacial score (nSPS) is 11.0. The minimum absolute atomic E-state index is 0.521. The van der Waals surface area contributed by atoms with Gasteiger partial charge in [0.05, 0.1) is 0 Å². The lowest BCUT2D eigenvalue weighted by Gasteiger charge is -2.24. The maximum Gasteiger partial charge on any atom is 0.0345 e. The molecule has 0 radical (unpaired) electrons. The molecular formula is C19H18OP-.